The third-order valence-corrected chi connectivity index (χ3v) is 1.64. The maximum absolute atomic E-state index is 9.35. The fourth-order valence-corrected chi connectivity index (χ4v) is 0.513. The van der Waals surface area contributed by atoms with Crippen molar-refractivity contribution >= 4 is 39.7 Å². The van der Waals surface area contributed by atoms with Crippen molar-refractivity contribution in [3.63, 3.8) is 0 Å². The second-order valence-electron chi connectivity index (χ2n) is 1.12. The first-order valence-corrected chi connectivity index (χ1v) is 5.37. The summed E-state index contributed by atoms with van der Waals surface area (Å²) in [6.07, 6.45) is 0. The molecule has 2 N–H and O–H groups in total. The molecule has 0 saturated heterocycles. The Balaban J connectivity index is -0.000000150. The third kappa shape index (κ3) is 31.4. The smallest absolute Gasteiger partial charge is 0.563 e. The zero-order valence-corrected chi connectivity index (χ0v) is 12.9. The van der Waals surface area contributed by atoms with Crippen LogP contribution in [0, 0.1) is 0 Å². The van der Waals surface area contributed by atoms with Gasteiger partial charge >= 0.3 is 67.9 Å². The van der Waals surface area contributed by atoms with Gasteiger partial charge in [0.2, 0.25) is 0 Å². The van der Waals surface area contributed by atoms with Crippen LogP contribution in [0.1, 0.15) is 0 Å². The van der Waals surface area contributed by atoms with Crippen LogP contribution in [0.5, 0.6) is 0 Å². The van der Waals surface area contributed by atoms with E-state index in [2.05, 4.69) is 4.31 Å². The second kappa shape index (κ2) is 14.3. The molecule has 0 spiro atoms. The van der Waals surface area contributed by atoms with Crippen LogP contribution in [0.3, 0.4) is 0 Å². The number of halogens is 2. The first kappa shape index (κ1) is 20.6. The number of alkyl halides is 2. The summed E-state index contributed by atoms with van der Waals surface area (Å²) in [4.78, 5) is 16.3. The van der Waals surface area contributed by atoms with Crippen molar-refractivity contribution in [2.45, 2.75) is 4.84 Å². The van der Waals surface area contributed by atoms with Crippen LogP contribution in [0.2, 0.25) is 0 Å². The topological polar surface area (TPSA) is 107 Å². The van der Waals surface area contributed by atoms with Gasteiger partial charge in [0.15, 0.2) is 0 Å². The van der Waals surface area contributed by atoms with Crippen molar-refractivity contribution < 1.29 is 79.7 Å². The normalized spacial score (nSPS) is 10.9. The molecule has 0 rings (SSSR count). The SMILES string of the molecule is O=[P+]([O-])O[P+](=O)O.OCC(Cl)Cl.[K+]. The summed E-state index contributed by atoms with van der Waals surface area (Å²) in [5.41, 5.74) is 0. The fourth-order valence-electron chi connectivity index (χ4n) is 0.0570. The van der Waals surface area contributed by atoms with Gasteiger partial charge in [-0.3, -0.25) is 0 Å². The van der Waals surface area contributed by atoms with E-state index in [0.29, 0.717) is 0 Å². The molecule has 2 atom stereocenters. The number of aliphatic hydroxyl groups is 1. The van der Waals surface area contributed by atoms with Crippen LogP contribution in [0.25, 0.3) is 0 Å². The largest absolute Gasteiger partial charge is 1.00 e. The van der Waals surface area contributed by atoms with Crippen LogP contribution in [0.15, 0.2) is 0 Å². The average Bonchev–Trinajstić information content (AvgIpc) is 1.85. The summed E-state index contributed by atoms with van der Waals surface area (Å²) in [7, 11) is -6.16. The van der Waals surface area contributed by atoms with Gasteiger partial charge in [0.1, 0.15) is 9.15 Å². The zero-order valence-electron chi connectivity index (χ0n) is 6.46. The summed E-state index contributed by atoms with van der Waals surface area (Å²) in [6, 6.07) is 0. The molecule has 0 bridgehead atoms. The van der Waals surface area contributed by atoms with Crippen LogP contribution < -0.4 is 56.3 Å². The molecule has 0 fully saturated rings. The quantitative estimate of drug-likeness (QED) is 0.337. The van der Waals surface area contributed by atoms with Crippen LogP contribution in [-0.2, 0) is 13.4 Å². The molecule has 0 aliphatic heterocycles. The third-order valence-electron chi connectivity index (χ3n) is 0.275. The molecule has 0 saturated carbocycles. The van der Waals surface area contributed by atoms with E-state index in [4.69, 9.17) is 33.2 Å². The van der Waals surface area contributed by atoms with Crippen LogP contribution in [-0.4, -0.2) is 21.4 Å². The molecule has 0 radical (unpaired) electrons. The molecule has 0 aliphatic carbocycles. The van der Waals surface area contributed by atoms with E-state index in [1.54, 1.807) is 0 Å². The Morgan fingerprint density at radius 2 is 1.77 bits per heavy atom. The standard InChI is InChI=1S/C2H4Cl2O.K.O5P2/c3-2(4)1-5;;1-6(2)5-7(3)4/h2,5H,1H2;;/q;+1;/p+1. The van der Waals surface area contributed by atoms with Crippen molar-refractivity contribution in [3.8, 4) is 0 Å². The van der Waals surface area contributed by atoms with Gasteiger partial charge in [-0.25, -0.2) is 0 Å². The van der Waals surface area contributed by atoms with Gasteiger partial charge in [0, 0.05) is 4.57 Å². The summed E-state index contributed by atoms with van der Waals surface area (Å²) in [5.74, 6) is 0. The van der Waals surface area contributed by atoms with E-state index in [-0.39, 0.29) is 58.0 Å². The Labute approximate surface area is 129 Å². The molecule has 2 unspecified atom stereocenters. The van der Waals surface area contributed by atoms with Crippen molar-refractivity contribution in [2.75, 3.05) is 6.61 Å². The number of rotatable bonds is 3. The summed E-state index contributed by atoms with van der Waals surface area (Å²) < 4.78 is 21.9. The van der Waals surface area contributed by atoms with E-state index in [9.17, 15) is 14.0 Å². The number of hydrogen-bond acceptors (Lipinski definition) is 5. The van der Waals surface area contributed by atoms with Gasteiger partial charge in [-0.1, -0.05) is 0 Å². The second-order valence-corrected chi connectivity index (χ2v) is 3.97. The summed E-state index contributed by atoms with van der Waals surface area (Å²) in [5, 5.41) is 7.88. The van der Waals surface area contributed by atoms with Crippen molar-refractivity contribution in [1.29, 1.82) is 0 Å². The Morgan fingerprint density at radius 3 is 1.77 bits per heavy atom. The van der Waals surface area contributed by atoms with E-state index >= 15 is 0 Å². The first-order chi connectivity index (χ1) is 5.40. The maximum atomic E-state index is 9.35. The molecule has 0 aromatic carbocycles. The van der Waals surface area contributed by atoms with E-state index < -0.39 is 21.3 Å². The summed E-state index contributed by atoms with van der Waals surface area (Å²) >= 11 is 9.96. The molecule has 11 heteroatoms. The molecule has 0 heterocycles. The van der Waals surface area contributed by atoms with Crippen molar-refractivity contribution in [1.82, 2.24) is 0 Å². The first-order valence-electron chi connectivity index (χ1n) is 2.27. The van der Waals surface area contributed by atoms with Gasteiger partial charge in [0.25, 0.3) is 0 Å². The molecule has 0 amide bonds. The fraction of sp³-hybridized carbons (Fsp3) is 1.00. The minimum atomic E-state index is -3.17. The van der Waals surface area contributed by atoms with Crippen molar-refractivity contribution in [3.05, 3.63) is 0 Å². The Kier molecular flexibility index (Phi) is 22.6. The Morgan fingerprint density at radius 1 is 1.46 bits per heavy atom. The maximum Gasteiger partial charge on any atom is 1.00 e. The van der Waals surface area contributed by atoms with Gasteiger partial charge in [-0.15, -0.1) is 28.1 Å². The van der Waals surface area contributed by atoms with Gasteiger partial charge in [-0.2, -0.15) is 0 Å². The van der Waals surface area contributed by atoms with Crippen LogP contribution >= 0.6 is 39.7 Å². The van der Waals surface area contributed by atoms with E-state index in [1.165, 1.54) is 0 Å². The molecule has 0 aromatic rings. The average molecular weight is 297 g/mol. The Hall–Kier alpha value is 2.26. The van der Waals surface area contributed by atoms with E-state index in [0.717, 1.165) is 0 Å². The van der Waals surface area contributed by atoms with Crippen molar-refractivity contribution in [2.24, 2.45) is 0 Å². The molecule has 72 valence electrons. The van der Waals surface area contributed by atoms with Gasteiger partial charge in [-0.05, 0) is 4.57 Å². The van der Waals surface area contributed by atoms with Crippen LogP contribution in [0.4, 0.5) is 0 Å². The predicted octanol–water partition coefficient (Wildman–Crippen LogP) is -2.54. The zero-order chi connectivity index (χ0) is 10.1. The molecule has 0 aromatic heterocycles. The van der Waals surface area contributed by atoms with Gasteiger partial charge < -0.3 is 10.00 Å². The monoisotopic (exact) mass is 296 g/mol. The minimum Gasteiger partial charge on any atom is -0.563 e. The summed E-state index contributed by atoms with van der Waals surface area (Å²) in [6.45, 7) is -0.164. The molecular formula is C2H5Cl2KO6P2+2. The number of hydrogen-bond donors (Lipinski definition) is 2. The van der Waals surface area contributed by atoms with E-state index in [1.807, 2.05) is 0 Å². The predicted molar refractivity (Wildman–Crippen MR) is 41.1 cm³/mol. The molecule has 0 aliphatic rings. The molecule has 6 nitrogen and oxygen atoms in total. The molecule has 13 heavy (non-hydrogen) atoms. The number of aliphatic hydroxyl groups excluding tert-OH is 1. The van der Waals surface area contributed by atoms with Gasteiger partial charge in [0.05, 0.1) is 6.61 Å². The minimum absolute atomic E-state index is 0. The molecular weight excluding hydrogens is 292 g/mol. The Bertz CT molecular complexity index is 144.